The molecule has 0 spiro atoms. The first-order valence-electron chi connectivity index (χ1n) is 8.33. The monoisotopic (exact) mass is 325 g/mol. The van der Waals surface area contributed by atoms with Crippen molar-refractivity contribution in [3.8, 4) is 0 Å². The Hall–Kier alpha value is -2.40. The highest BCUT2D eigenvalue weighted by Crippen LogP contribution is 2.06. The summed E-state index contributed by atoms with van der Waals surface area (Å²) in [5.74, 6) is 0.492. The van der Waals surface area contributed by atoms with Crippen molar-refractivity contribution >= 4 is 5.96 Å². The van der Waals surface area contributed by atoms with Gasteiger partial charge in [-0.25, -0.2) is 0 Å². The Morgan fingerprint density at radius 2 is 1.96 bits per heavy atom. The van der Waals surface area contributed by atoms with E-state index >= 15 is 0 Å². The van der Waals surface area contributed by atoms with Gasteiger partial charge in [-0.15, -0.1) is 0 Å². The van der Waals surface area contributed by atoms with E-state index in [9.17, 15) is 0 Å². The van der Waals surface area contributed by atoms with Crippen LogP contribution in [-0.4, -0.2) is 42.0 Å². The first kappa shape index (κ1) is 17.9. The molecule has 5 heteroatoms. The van der Waals surface area contributed by atoms with Crippen LogP contribution in [0.1, 0.15) is 18.2 Å². The van der Waals surface area contributed by atoms with E-state index < -0.39 is 0 Å². The molecule has 128 valence electrons. The molecule has 0 aliphatic rings. The number of guanidine groups is 1. The summed E-state index contributed by atoms with van der Waals surface area (Å²) in [5.41, 5.74) is 8.29. The Morgan fingerprint density at radius 1 is 1.21 bits per heavy atom. The van der Waals surface area contributed by atoms with Gasteiger partial charge in [0.1, 0.15) is 0 Å². The quantitative estimate of drug-likeness (QED) is 0.576. The van der Waals surface area contributed by atoms with E-state index in [2.05, 4.69) is 58.4 Å². The van der Waals surface area contributed by atoms with Gasteiger partial charge in [-0.05, 0) is 31.7 Å². The molecule has 5 nitrogen and oxygen atoms in total. The van der Waals surface area contributed by atoms with Crippen LogP contribution >= 0.6 is 0 Å². The second kappa shape index (κ2) is 9.67. The summed E-state index contributed by atoms with van der Waals surface area (Å²) < 4.78 is 0. The lowest BCUT2D eigenvalue weighted by Crippen LogP contribution is -2.36. The minimum absolute atomic E-state index is 0.321. The van der Waals surface area contributed by atoms with Crippen LogP contribution in [0.25, 0.3) is 0 Å². The maximum atomic E-state index is 5.94. The lowest BCUT2D eigenvalue weighted by atomic mass is 10.2. The number of pyridine rings is 1. The number of aromatic nitrogens is 1. The smallest absolute Gasteiger partial charge is 0.188 e. The third-order valence-corrected chi connectivity index (χ3v) is 3.97. The Labute approximate surface area is 144 Å². The van der Waals surface area contributed by atoms with Gasteiger partial charge in [0.15, 0.2) is 5.96 Å². The number of aliphatic imine (C=N–C) groups is 1. The minimum Gasteiger partial charge on any atom is -0.370 e. The molecule has 0 amide bonds. The summed E-state index contributed by atoms with van der Waals surface area (Å²) in [5, 5.41) is 3.14. The molecule has 0 saturated carbocycles. The predicted octanol–water partition coefficient (Wildman–Crippen LogP) is 2.05. The van der Waals surface area contributed by atoms with Crippen molar-refractivity contribution in [2.75, 3.05) is 20.1 Å². The van der Waals surface area contributed by atoms with Crippen molar-refractivity contribution in [1.82, 2.24) is 15.2 Å². The van der Waals surface area contributed by atoms with Gasteiger partial charge in [0.2, 0.25) is 0 Å². The second-order valence-corrected chi connectivity index (χ2v) is 5.97. The molecule has 2 aromatic rings. The number of hydrogen-bond acceptors (Lipinski definition) is 3. The molecule has 0 aliphatic heterocycles. The third-order valence-electron chi connectivity index (χ3n) is 3.97. The highest BCUT2D eigenvalue weighted by Gasteiger charge is 2.09. The molecule has 0 fully saturated rings. The summed E-state index contributed by atoms with van der Waals surface area (Å²) >= 11 is 0. The van der Waals surface area contributed by atoms with Crippen molar-refractivity contribution in [3.05, 3.63) is 66.0 Å². The number of rotatable bonds is 8. The van der Waals surface area contributed by atoms with Crippen LogP contribution in [0.3, 0.4) is 0 Å². The van der Waals surface area contributed by atoms with Gasteiger partial charge >= 0.3 is 0 Å². The normalized spacial score (nSPS) is 13.0. The van der Waals surface area contributed by atoms with Gasteiger partial charge in [0, 0.05) is 37.4 Å². The number of benzene rings is 1. The van der Waals surface area contributed by atoms with Crippen LogP contribution in [-0.2, 0) is 13.0 Å². The van der Waals surface area contributed by atoms with E-state index in [0.717, 1.165) is 25.2 Å². The zero-order chi connectivity index (χ0) is 17.2. The molecule has 3 N–H and O–H groups in total. The van der Waals surface area contributed by atoms with Gasteiger partial charge < -0.3 is 11.1 Å². The first-order valence-corrected chi connectivity index (χ1v) is 8.33. The molecule has 0 radical (unpaired) electrons. The van der Waals surface area contributed by atoms with E-state index in [0.29, 0.717) is 18.5 Å². The summed E-state index contributed by atoms with van der Waals surface area (Å²) in [6.45, 7) is 4.48. The first-order chi connectivity index (χ1) is 11.6. The maximum absolute atomic E-state index is 5.94. The Kier molecular flexibility index (Phi) is 7.23. The topological polar surface area (TPSA) is 66.5 Å². The van der Waals surface area contributed by atoms with E-state index in [4.69, 9.17) is 5.73 Å². The molecule has 1 atom stereocenters. The van der Waals surface area contributed by atoms with Gasteiger partial charge in [-0.3, -0.25) is 14.9 Å². The number of nitrogens with one attached hydrogen (secondary N) is 1. The SMILES string of the molecule is CC(CN=C(N)NCCc1ccccn1)N(C)Cc1ccccc1. The van der Waals surface area contributed by atoms with Crippen LogP contribution < -0.4 is 11.1 Å². The van der Waals surface area contributed by atoms with Gasteiger partial charge in [-0.1, -0.05) is 36.4 Å². The molecule has 1 aromatic heterocycles. The molecule has 1 aromatic carbocycles. The summed E-state index contributed by atoms with van der Waals surface area (Å²) in [4.78, 5) is 11.0. The van der Waals surface area contributed by atoms with Crippen molar-refractivity contribution in [3.63, 3.8) is 0 Å². The van der Waals surface area contributed by atoms with Crippen LogP contribution in [0.15, 0.2) is 59.7 Å². The van der Waals surface area contributed by atoms with E-state index in [1.165, 1.54) is 5.56 Å². The lowest BCUT2D eigenvalue weighted by molar-refractivity contribution is 0.255. The Bertz CT molecular complexity index is 612. The fourth-order valence-electron chi connectivity index (χ4n) is 2.32. The molecular formula is C19H27N5. The standard InChI is InChI=1S/C19H27N5/c1-16(24(2)15-17-8-4-3-5-9-17)14-23-19(20)22-13-11-18-10-6-7-12-21-18/h3-10,12,16H,11,13-15H2,1-2H3,(H3,20,22,23). The van der Waals surface area contributed by atoms with Crippen molar-refractivity contribution in [2.24, 2.45) is 10.7 Å². The number of hydrogen-bond donors (Lipinski definition) is 2. The lowest BCUT2D eigenvalue weighted by Gasteiger charge is -2.23. The Morgan fingerprint density at radius 3 is 2.67 bits per heavy atom. The van der Waals surface area contributed by atoms with Crippen LogP contribution in [0.2, 0.25) is 0 Å². The Balaban J connectivity index is 1.70. The number of nitrogens with two attached hydrogens (primary N) is 1. The van der Waals surface area contributed by atoms with Gasteiger partial charge in [-0.2, -0.15) is 0 Å². The maximum Gasteiger partial charge on any atom is 0.188 e. The van der Waals surface area contributed by atoms with Crippen LogP contribution in [0.4, 0.5) is 0 Å². The van der Waals surface area contributed by atoms with E-state index in [1.54, 1.807) is 6.20 Å². The molecule has 2 rings (SSSR count). The third kappa shape index (κ3) is 6.38. The second-order valence-electron chi connectivity index (χ2n) is 5.97. The van der Waals surface area contributed by atoms with E-state index in [1.807, 2.05) is 24.3 Å². The van der Waals surface area contributed by atoms with Crippen molar-refractivity contribution in [2.45, 2.75) is 25.9 Å². The zero-order valence-electron chi connectivity index (χ0n) is 14.5. The summed E-state index contributed by atoms with van der Waals surface area (Å²) in [7, 11) is 2.11. The zero-order valence-corrected chi connectivity index (χ0v) is 14.5. The fraction of sp³-hybridized carbons (Fsp3) is 0.368. The highest BCUT2D eigenvalue weighted by atomic mass is 15.2. The van der Waals surface area contributed by atoms with E-state index in [-0.39, 0.29) is 0 Å². The highest BCUT2D eigenvalue weighted by molar-refractivity contribution is 5.77. The van der Waals surface area contributed by atoms with Crippen molar-refractivity contribution in [1.29, 1.82) is 0 Å². The largest absolute Gasteiger partial charge is 0.370 e. The summed E-state index contributed by atoms with van der Waals surface area (Å²) in [6, 6.07) is 16.7. The van der Waals surface area contributed by atoms with Gasteiger partial charge in [0.05, 0.1) is 6.54 Å². The molecular weight excluding hydrogens is 298 g/mol. The fourth-order valence-corrected chi connectivity index (χ4v) is 2.32. The molecule has 0 bridgehead atoms. The number of likely N-dealkylation sites (N-methyl/N-ethyl adjacent to an activating group) is 1. The molecule has 0 saturated heterocycles. The molecule has 1 heterocycles. The van der Waals surface area contributed by atoms with Crippen LogP contribution in [0.5, 0.6) is 0 Å². The molecule has 0 aliphatic carbocycles. The average Bonchev–Trinajstić information content (AvgIpc) is 2.61. The summed E-state index contributed by atoms with van der Waals surface area (Å²) in [6.07, 6.45) is 2.64. The average molecular weight is 325 g/mol. The van der Waals surface area contributed by atoms with Crippen LogP contribution in [0, 0.1) is 0 Å². The molecule has 1 unspecified atom stereocenters. The van der Waals surface area contributed by atoms with Gasteiger partial charge in [0.25, 0.3) is 0 Å². The predicted molar refractivity (Wildman–Crippen MR) is 99.8 cm³/mol. The van der Waals surface area contributed by atoms with Crippen molar-refractivity contribution < 1.29 is 0 Å². The number of nitrogens with zero attached hydrogens (tertiary/aromatic N) is 3. The minimum atomic E-state index is 0.321. The molecule has 24 heavy (non-hydrogen) atoms.